The number of rotatable bonds is 5. The Morgan fingerprint density at radius 3 is 2.57 bits per heavy atom. The van der Waals surface area contributed by atoms with E-state index in [-0.39, 0.29) is 12.6 Å². The minimum atomic E-state index is -0.811. The summed E-state index contributed by atoms with van der Waals surface area (Å²) in [6, 6.07) is -0.0265. The van der Waals surface area contributed by atoms with E-state index in [0.29, 0.717) is 32.7 Å². The fourth-order valence-electron chi connectivity index (χ4n) is 2.87. The number of aliphatic carboxylic acids is 1. The summed E-state index contributed by atoms with van der Waals surface area (Å²) in [5.74, 6) is -0.811. The molecule has 0 aromatic rings. The quantitative estimate of drug-likeness (QED) is 0.750. The molecule has 6 heteroatoms. The number of urea groups is 1. The second kappa shape index (κ2) is 8.02. The van der Waals surface area contributed by atoms with Crippen LogP contribution < -0.4 is 5.32 Å². The molecule has 0 saturated carbocycles. The van der Waals surface area contributed by atoms with Crippen LogP contribution >= 0.6 is 0 Å². The molecule has 0 aromatic heterocycles. The van der Waals surface area contributed by atoms with Crippen LogP contribution in [0.3, 0.4) is 0 Å². The van der Waals surface area contributed by atoms with Crippen molar-refractivity contribution in [2.75, 3.05) is 39.3 Å². The average molecular weight is 295 g/mol. The summed E-state index contributed by atoms with van der Waals surface area (Å²) in [5, 5.41) is 11.7. The molecule has 21 heavy (non-hydrogen) atoms. The van der Waals surface area contributed by atoms with Crippen molar-refractivity contribution in [2.24, 2.45) is 0 Å². The molecule has 2 rings (SSSR count). The second-order valence-corrected chi connectivity index (χ2v) is 5.75. The Balaban J connectivity index is 1.63. The zero-order valence-electron chi connectivity index (χ0n) is 12.5. The third-order valence-electron chi connectivity index (χ3n) is 4.13. The molecule has 2 aliphatic rings. The SMILES string of the molecule is O=C(O)CN1CCN(C(=O)NCCC2=CCCCC2)CC1. The third kappa shape index (κ3) is 5.38. The summed E-state index contributed by atoms with van der Waals surface area (Å²) < 4.78 is 0. The number of nitrogens with one attached hydrogen (secondary N) is 1. The maximum atomic E-state index is 12.0. The highest BCUT2D eigenvalue weighted by Gasteiger charge is 2.21. The van der Waals surface area contributed by atoms with E-state index in [1.165, 1.54) is 31.3 Å². The number of hydrogen-bond donors (Lipinski definition) is 2. The van der Waals surface area contributed by atoms with Crippen LogP contribution in [0.1, 0.15) is 32.1 Å². The van der Waals surface area contributed by atoms with Gasteiger partial charge in [-0.3, -0.25) is 9.69 Å². The molecule has 0 radical (unpaired) electrons. The van der Waals surface area contributed by atoms with E-state index in [2.05, 4.69) is 11.4 Å². The smallest absolute Gasteiger partial charge is 0.317 e. The molecule has 0 bridgehead atoms. The van der Waals surface area contributed by atoms with Crippen molar-refractivity contribution in [2.45, 2.75) is 32.1 Å². The molecule has 1 saturated heterocycles. The van der Waals surface area contributed by atoms with Crippen molar-refractivity contribution in [3.63, 3.8) is 0 Å². The van der Waals surface area contributed by atoms with Crippen molar-refractivity contribution in [3.8, 4) is 0 Å². The van der Waals surface area contributed by atoms with Gasteiger partial charge in [-0.15, -0.1) is 0 Å². The first-order valence-corrected chi connectivity index (χ1v) is 7.80. The van der Waals surface area contributed by atoms with Crippen molar-refractivity contribution in [1.29, 1.82) is 0 Å². The van der Waals surface area contributed by atoms with Crippen molar-refractivity contribution < 1.29 is 14.7 Å². The molecule has 6 nitrogen and oxygen atoms in total. The third-order valence-corrected chi connectivity index (χ3v) is 4.13. The van der Waals surface area contributed by atoms with Gasteiger partial charge in [0, 0.05) is 32.7 Å². The Hall–Kier alpha value is -1.56. The van der Waals surface area contributed by atoms with Crippen LogP contribution in [-0.2, 0) is 4.79 Å². The summed E-state index contributed by atoms with van der Waals surface area (Å²) >= 11 is 0. The molecule has 118 valence electrons. The van der Waals surface area contributed by atoms with E-state index in [1.54, 1.807) is 4.90 Å². The van der Waals surface area contributed by atoms with Gasteiger partial charge in [0.05, 0.1) is 6.54 Å². The molecule has 2 N–H and O–H groups in total. The molecule has 1 heterocycles. The molecule has 2 amide bonds. The molecule has 0 aromatic carbocycles. The van der Waals surface area contributed by atoms with Crippen LogP contribution in [-0.4, -0.2) is 66.2 Å². The van der Waals surface area contributed by atoms with E-state index in [9.17, 15) is 9.59 Å². The van der Waals surface area contributed by atoms with Gasteiger partial charge in [0.2, 0.25) is 0 Å². The maximum absolute atomic E-state index is 12.0. The van der Waals surface area contributed by atoms with Gasteiger partial charge >= 0.3 is 12.0 Å². The van der Waals surface area contributed by atoms with Gasteiger partial charge < -0.3 is 15.3 Å². The van der Waals surface area contributed by atoms with Crippen molar-refractivity contribution in [3.05, 3.63) is 11.6 Å². The fraction of sp³-hybridized carbons (Fsp3) is 0.733. The standard InChI is InChI=1S/C15H25N3O3/c19-14(20)12-17-8-10-18(11-9-17)15(21)16-7-6-13-4-2-1-3-5-13/h4H,1-3,5-12H2,(H,16,21)(H,19,20). The van der Waals surface area contributed by atoms with Crippen LogP contribution in [0.2, 0.25) is 0 Å². The molecular formula is C15H25N3O3. The van der Waals surface area contributed by atoms with Crippen LogP contribution in [0.25, 0.3) is 0 Å². The number of allylic oxidation sites excluding steroid dienone is 1. The molecule has 1 aliphatic carbocycles. The second-order valence-electron chi connectivity index (χ2n) is 5.75. The van der Waals surface area contributed by atoms with Gasteiger partial charge in [0.1, 0.15) is 0 Å². The number of carboxylic acid groups (broad SMARTS) is 1. The van der Waals surface area contributed by atoms with E-state index >= 15 is 0 Å². The first-order chi connectivity index (χ1) is 10.1. The van der Waals surface area contributed by atoms with Crippen LogP contribution in [0.15, 0.2) is 11.6 Å². The topological polar surface area (TPSA) is 72.9 Å². The highest BCUT2D eigenvalue weighted by molar-refractivity contribution is 5.74. The monoisotopic (exact) mass is 295 g/mol. The Labute approximate surface area is 125 Å². The average Bonchev–Trinajstić information content (AvgIpc) is 2.48. The number of amides is 2. The van der Waals surface area contributed by atoms with Gasteiger partial charge in [-0.05, 0) is 32.1 Å². The molecular weight excluding hydrogens is 270 g/mol. The Morgan fingerprint density at radius 1 is 1.19 bits per heavy atom. The van der Waals surface area contributed by atoms with E-state index in [4.69, 9.17) is 5.11 Å². The molecule has 1 aliphatic heterocycles. The summed E-state index contributed by atoms with van der Waals surface area (Å²) in [4.78, 5) is 26.3. The summed E-state index contributed by atoms with van der Waals surface area (Å²) in [7, 11) is 0. The van der Waals surface area contributed by atoms with Crippen LogP contribution in [0.4, 0.5) is 4.79 Å². The normalized spacial score (nSPS) is 20.0. The van der Waals surface area contributed by atoms with Crippen LogP contribution in [0.5, 0.6) is 0 Å². The number of hydrogen-bond acceptors (Lipinski definition) is 3. The highest BCUT2D eigenvalue weighted by atomic mass is 16.4. The predicted octanol–water partition coefficient (Wildman–Crippen LogP) is 1.29. The number of piperazine rings is 1. The van der Waals surface area contributed by atoms with E-state index in [1.807, 2.05) is 4.90 Å². The lowest BCUT2D eigenvalue weighted by Crippen LogP contribution is -2.52. The van der Waals surface area contributed by atoms with Crippen molar-refractivity contribution in [1.82, 2.24) is 15.1 Å². The summed E-state index contributed by atoms with van der Waals surface area (Å²) in [5.41, 5.74) is 1.47. The minimum absolute atomic E-state index is 0.0265. The zero-order valence-corrected chi connectivity index (χ0v) is 12.5. The molecule has 0 atom stereocenters. The number of carbonyl (C=O) groups is 2. The predicted molar refractivity (Wildman–Crippen MR) is 80.2 cm³/mol. The number of carbonyl (C=O) groups excluding carboxylic acids is 1. The fourth-order valence-corrected chi connectivity index (χ4v) is 2.87. The largest absolute Gasteiger partial charge is 0.480 e. The van der Waals surface area contributed by atoms with Gasteiger partial charge in [-0.1, -0.05) is 11.6 Å². The lowest BCUT2D eigenvalue weighted by Gasteiger charge is -2.33. The zero-order chi connectivity index (χ0) is 15.1. The Kier molecular flexibility index (Phi) is 6.04. The Morgan fingerprint density at radius 2 is 1.95 bits per heavy atom. The van der Waals surface area contributed by atoms with E-state index in [0.717, 1.165) is 6.42 Å². The van der Waals surface area contributed by atoms with E-state index < -0.39 is 5.97 Å². The van der Waals surface area contributed by atoms with Gasteiger partial charge in [-0.25, -0.2) is 4.79 Å². The van der Waals surface area contributed by atoms with Gasteiger partial charge in [0.25, 0.3) is 0 Å². The minimum Gasteiger partial charge on any atom is -0.480 e. The summed E-state index contributed by atoms with van der Waals surface area (Å²) in [6.07, 6.45) is 8.16. The lowest BCUT2D eigenvalue weighted by molar-refractivity contribution is -0.138. The molecule has 0 spiro atoms. The Bertz CT molecular complexity index is 401. The van der Waals surface area contributed by atoms with Gasteiger partial charge in [-0.2, -0.15) is 0 Å². The number of nitrogens with zero attached hydrogens (tertiary/aromatic N) is 2. The molecule has 1 fully saturated rings. The first-order valence-electron chi connectivity index (χ1n) is 7.80. The summed E-state index contributed by atoms with van der Waals surface area (Å²) in [6.45, 7) is 3.21. The maximum Gasteiger partial charge on any atom is 0.317 e. The molecule has 0 unspecified atom stereocenters. The van der Waals surface area contributed by atoms with Crippen LogP contribution in [0, 0.1) is 0 Å². The first kappa shape index (κ1) is 15.8. The van der Waals surface area contributed by atoms with Gasteiger partial charge in [0.15, 0.2) is 0 Å². The lowest BCUT2D eigenvalue weighted by atomic mass is 9.97. The highest BCUT2D eigenvalue weighted by Crippen LogP contribution is 2.19. The van der Waals surface area contributed by atoms with Crippen molar-refractivity contribution >= 4 is 12.0 Å². The number of carboxylic acids is 1.